The Hall–Kier alpha value is -2.50. The second kappa shape index (κ2) is 5.87. The highest BCUT2D eigenvalue weighted by Crippen LogP contribution is 2.29. The zero-order valence-electron chi connectivity index (χ0n) is 12.9. The molecule has 0 aliphatic heterocycles. The monoisotopic (exact) mass is 289 g/mol. The number of anilines is 1. The van der Waals surface area contributed by atoms with E-state index in [0.29, 0.717) is 28.4 Å². The number of ether oxygens (including phenoxy) is 2. The van der Waals surface area contributed by atoms with Crippen LogP contribution in [0.25, 0.3) is 0 Å². The molecule has 6 heteroatoms. The number of rotatable bonds is 4. The van der Waals surface area contributed by atoms with Crippen molar-refractivity contribution in [1.82, 2.24) is 9.78 Å². The Bertz CT molecular complexity index is 677. The van der Waals surface area contributed by atoms with Gasteiger partial charge in [-0.1, -0.05) is 0 Å². The fourth-order valence-corrected chi connectivity index (χ4v) is 2.19. The van der Waals surface area contributed by atoms with Crippen molar-refractivity contribution < 1.29 is 14.3 Å². The minimum Gasteiger partial charge on any atom is -0.497 e. The van der Waals surface area contributed by atoms with Crippen molar-refractivity contribution in [2.45, 2.75) is 13.8 Å². The van der Waals surface area contributed by atoms with Crippen LogP contribution in [-0.2, 0) is 7.05 Å². The van der Waals surface area contributed by atoms with Crippen LogP contribution in [-0.4, -0.2) is 29.9 Å². The van der Waals surface area contributed by atoms with Crippen molar-refractivity contribution >= 4 is 11.6 Å². The first-order valence-corrected chi connectivity index (χ1v) is 6.51. The molecule has 1 aromatic carbocycles. The summed E-state index contributed by atoms with van der Waals surface area (Å²) in [6.45, 7) is 3.67. The van der Waals surface area contributed by atoms with E-state index in [1.807, 2.05) is 20.9 Å². The summed E-state index contributed by atoms with van der Waals surface area (Å²) in [5.41, 5.74) is 2.68. The van der Waals surface area contributed by atoms with E-state index in [1.54, 1.807) is 37.1 Å². The molecule has 21 heavy (non-hydrogen) atoms. The van der Waals surface area contributed by atoms with E-state index in [2.05, 4.69) is 10.4 Å². The molecule has 0 saturated carbocycles. The lowest BCUT2D eigenvalue weighted by atomic mass is 10.1. The molecule has 0 unspecified atom stereocenters. The lowest BCUT2D eigenvalue weighted by Crippen LogP contribution is -2.14. The van der Waals surface area contributed by atoms with Crippen LogP contribution in [0.1, 0.15) is 21.7 Å². The molecule has 1 N–H and O–H groups in total. The van der Waals surface area contributed by atoms with Crippen LogP contribution in [0, 0.1) is 13.8 Å². The number of benzene rings is 1. The smallest absolute Gasteiger partial charge is 0.259 e. The highest BCUT2D eigenvalue weighted by Gasteiger charge is 2.18. The molecule has 0 fully saturated rings. The zero-order valence-corrected chi connectivity index (χ0v) is 12.9. The van der Waals surface area contributed by atoms with Crippen LogP contribution in [0.3, 0.4) is 0 Å². The Morgan fingerprint density at radius 3 is 2.48 bits per heavy atom. The zero-order chi connectivity index (χ0) is 15.6. The number of hydrogen-bond acceptors (Lipinski definition) is 4. The first kappa shape index (κ1) is 14.9. The Morgan fingerprint density at radius 2 is 1.95 bits per heavy atom. The van der Waals surface area contributed by atoms with Crippen LogP contribution >= 0.6 is 0 Å². The van der Waals surface area contributed by atoms with Gasteiger partial charge in [0.15, 0.2) is 0 Å². The van der Waals surface area contributed by atoms with Gasteiger partial charge in [-0.3, -0.25) is 9.48 Å². The number of methoxy groups -OCH3 is 2. The molecule has 0 bridgehead atoms. The van der Waals surface area contributed by atoms with E-state index >= 15 is 0 Å². The number of amides is 1. The largest absolute Gasteiger partial charge is 0.497 e. The van der Waals surface area contributed by atoms with Gasteiger partial charge in [-0.2, -0.15) is 5.10 Å². The normalized spacial score (nSPS) is 10.3. The van der Waals surface area contributed by atoms with Crippen LogP contribution < -0.4 is 14.8 Å². The average molecular weight is 289 g/mol. The Morgan fingerprint density at radius 1 is 1.24 bits per heavy atom. The maximum atomic E-state index is 12.4. The van der Waals surface area contributed by atoms with E-state index in [4.69, 9.17) is 9.47 Å². The van der Waals surface area contributed by atoms with Gasteiger partial charge in [0, 0.05) is 18.8 Å². The standard InChI is InChI=1S/C15H19N3O3/c1-9-14(10(2)18(3)17-9)15(19)16-12-7-6-11(20-4)8-13(12)21-5/h6-8H,1-5H3,(H,16,19). The lowest BCUT2D eigenvalue weighted by molar-refractivity contribution is 0.102. The SMILES string of the molecule is COc1ccc(NC(=O)c2c(C)nn(C)c2C)c(OC)c1. The molecule has 0 spiro atoms. The molecule has 1 amide bonds. The van der Waals surface area contributed by atoms with Gasteiger partial charge in [0.05, 0.1) is 31.2 Å². The summed E-state index contributed by atoms with van der Waals surface area (Å²) >= 11 is 0. The molecule has 0 saturated heterocycles. The Balaban J connectivity index is 2.31. The van der Waals surface area contributed by atoms with Crippen molar-refractivity contribution in [2.75, 3.05) is 19.5 Å². The van der Waals surface area contributed by atoms with Gasteiger partial charge in [0.25, 0.3) is 5.91 Å². The fraction of sp³-hybridized carbons (Fsp3) is 0.333. The summed E-state index contributed by atoms with van der Waals surface area (Å²) in [4.78, 5) is 12.4. The summed E-state index contributed by atoms with van der Waals surface area (Å²) in [6, 6.07) is 5.23. The topological polar surface area (TPSA) is 65.4 Å². The molecule has 2 aromatic rings. The fourth-order valence-electron chi connectivity index (χ4n) is 2.19. The summed E-state index contributed by atoms with van der Waals surface area (Å²) in [6.07, 6.45) is 0. The number of carbonyl (C=O) groups is 1. The van der Waals surface area contributed by atoms with Crippen molar-refractivity contribution in [3.63, 3.8) is 0 Å². The average Bonchev–Trinajstić information content (AvgIpc) is 2.72. The summed E-state index contributed by atoms with van der Waals surface area (Å²) in [5.74, 6) is 1.00. The second-order valence-electron chi connectivity index (χ2n) is 4.69. The van der Waals surface area contributed by atoms with Gasteiger partial charge in [-0.25, -0.2) is 0 Å². The molecule has 0 aliphatic carbocycles. The quantitative estimate of drug-likeness (QED) is 0.938. The van der Waals surface area contributed by atoms with Gasteiger partial charge in [-0.05, 0) is 26.0 Å². The molecule has 0 atom stereocenters. The number of carbonyl (C=O) groups excluding carboxylic acids is 1. The molecular weight excluding hydrogens is 270 g/mol. The van der Waals surface area contributed by atoms with Crippen LogP contribution in [0.5, 0.6) is 11.5 Å². The number of aryl methyl sites for hydroxylation is 2. The van der Waals surface area contributed by atoms with Gasteiger partial charge >= 0.3 is 0 Å². The predicted molar refractivity (Wildman–Crippen MR) is 80.2 cm³/mol. The van der Waals surface area contributed by atoms with E-state index in [9.17, 15) is 4.79 Å². The summed E-state index contributed by atoms with van der Waals surface area (Å²) in [5, 5.41) is 7.10. The minimum atomic E-state index is -0.207. The van der Waals surface area contributed by atoms with E-state index < -0.39 is 0 Å². The third kappa shape index (κ3) is 2.84. The first-order chi connectivity index (χ1) is 9.97. The highest BCUT2D eigenvalue weighted by molar-refractivity contribution is 6.06. The molecule has 0 aliphatic rings. The van der Waals surface area contributed by atoms with Crippen LogP contribution in [0.2, 0.25) is 0 Å². The van der Waals surface area contributed by atoms with E-state index in [0.717, 1.165) is 5.69 Å². The molecular formula is C15H19N3O3. The molecule has 6 nitrogen and oxygen atoms in total. The third-order valence-electron chi connectivity index (χ3n) is 3.39. The molecule has 1 heterocycles. The molecule has 2 rings (SSSR count). The van der Waals surface area contributed by atoms with Crippen molar-refractivity contribution in [3.05, 3.63) is 35.2 Å². The Labute approximate surface area is 123 Å². The number of hydrogen-bond donors (Lipinski definition) is 1. The summed E-state index contributed by atoms with van der Waals surface area (Å²) in [7, 11) is 4.94. The van der Waals surface area contributed by atoms with Crippen LogP contribution in [0.15, 0.2) is 18.2 Å². The van der Waals surface area contributed by atoms with Crippen molar-refractivity contribution in [3.8, 4) is 11.5 Å². The molecule has 112 valence electrons. The van der Waals surface area contributed by atoms with Crippen molar-refractivity contribution in [2.24, 2.45) is 7.05 Å². The van der Waals surface area contributed by atoms with Crippen LogP contribution in [0.4, 0.5) is 5.69 Å². The Kier molecular flexibility index (Phi) is 4.16. The van der Waals surface area contributed by atoms with E-state index in [1.165, 1.54) is 0 Å². The molecule has 0 radical (unpaired) electrons. The number of nitrogens with zero attached hydrogens (tertiary/aromatic N) is 2. The predicted octanol–water partition coefficient (Wildman–Crippen LogP) is 2.31. The second-order valence-corrected chi connectivity index (χ2v) is 4.69. The summed E-state index contributed by atoms with van der Waals surface area (Å²) < 4.78 is 12.1. The maximum Gasteiger partial charge on any atom is 0.259 e. The minimum absolute atomic E-state index is 0.207. The van der Waals surface area contributed by atoms with Gasteiger partial charge < -0.3 is 14.8 Å². The van der Waals surface area contributed by atoms with E-state index in [-0.39, 0.29) is 5.91 Å². The van der Waals surface area contributed by atoms with Gasteiger partial charge in [-0.15, -0.1) is 0 Å². The highest BCUT2D eigenvalue weighted by atomic mass is 16.5. The maximum absolute atomic E-state index is 12.4. The first-order valence-electron chi connectivity index (χ1n) is 6.51. The number of aromatic nitrogens is 2. The lowest BCUT2D eigenvalue weighted by Gasteiger charge is -2.11. The number of nitrogens with one attached hydrogen (secondary N) is 1. The van der Waals surface area contributed by atoms with Crippen molar-refractivity contribution in [1.29, 1.82) is 0 Å². The molecule has 1 aromatic heterocycles. The third-order valence-corrected chi connectivity index (χ3v) is 3.39. The van der Waals surface area contributed by atoms with Gasteiger partial charge in [0.2, 0.25) is 0 Å². The van der Waals surface area contributed by atoms with Gasteiger partial charge in [0.1, 0.15) is 11.5 Å².